The van der Waals surface area contributed by atoms with Gasteiger partial charge in [0.2, 0.25) is 5.91 Å². The van der Waals surface area contributed by atoms with E-state index in [1.807, 2.05) is 30.3 Å². The van der Waals surface area contributed by atoms with Crippen LogP contribution in [-0.4, -0.2) is 19.3 Å². The maximum atomic E-state index is 13.2. The van der Waals surface area contributed by atoms with Crippen LogP contribution in [0.3, 0.4) is 0 Å². The van der Waals surface area contributed by atoms with E-state index in [1.54, 1.807) is 23.7 Å². The van der Waals surface area contributed by atoms with Crippen LogP contribution in [0.5, 0.6) is 0 Å². The van der Waals surface area contributed by atoms with Crippen molar-refractivity contribution in [2.24, 2.45) is 0 Å². The average molecular weight is 387 g/mol. The first kappa shape index (κ1) is 18.1. The van der Waals surface area contributed by atoms with Crippen LogP contribution in [0, 0.1) is 0 Å². The standard InChI is InChI=1S/C18H17N3O3S2/c1-14(22)20-16-7-9-17(10-8-16)26(23,24)21(18-19-11-12-25-18)13-15-5-3-2-4-6-15/h2-12H,13H2,1H3,(H,20,22). The first-order valence-corrected chi connectivity index (χ1v) is 10.1. The highest BCUT2D eigenvalue weighted by molar-refractivity contribution is 7.93. The van der Waals surface area contributed by atoms with E-state index in [1.165, 1.54) is 34.7 Å². The molecule has 8 heteroatoms. The summed E-state index contributed by atoms with van der Waals surface area (Å²) in [6.45, 7) is 1.58. The van der Waals surface area contributed by atoms with Crippen LogP contribution in [0.15, 0.2) is 71.1 Å². The van der Waals surface area contributed by atoms with Gasteiger partial charge in [-0.1, -0.05) is 30.3 Å². The lowest BCUT2D eigenvalue weighted by Crippen LogP contribution is -2.30. The number of thiazole rings is 1. The molecule has 134 valence electrons. The molecule has 6 nitrogen and oxygen atoms in total. The summed E-state index contributed by atoms with van der Waals surface area (Å²) in [6, 6.07) is 15.4. The van der Waals surface area contributed by atoms with E-state index in [2.05, 4.69) is 10.3 Å². The molecular formula is C18H17N3O3S2. The molecule has 0 aliphatic carbocycles. The highest BCUT2D eigenvalue weighted by atomic mass is 32.2. The van der Waals surface area contributed by atoms with Crippen LogP contribution in [-0.2, 0) is 21.4 Å². The second-order valence-corrected chi connectivity index (χ2v) is 8.25. The fourth-order valence-electron chi connectivity index (χ4n) is 2.38. The number of amides is 1. The SMILES string of the molecule is CC(=O)Nc1ccc(S(=O)(=O)N(Cc2ccccc2)c2nccs2)cc1. The number of aromatic nitrogens is 1. The van der Waals surface area contributed by atoms with E-state index in [9.17, 15) is 13.2 Å². The quantitative estimate of drug-likeness (QED) is 0.702. The maximum Gasteiger partial charge on any atom is 0.266 e. The smallest absolute Gasteiger partial charge is 0.266 e. The van der Waals surface area contributed by atoms with Crippen molar-refractivity contribution in [2.75, 3.05) is 9.62 Å². The molecule has 3 aromatic rings. The predicted octanol–water partition coefficient (Wildman–Crippen LogP) is 3.50. The molecule has 0 unspecified atom stereocenters. The zero-order valence-corrected chi connectivity index (χ0v) is 15.6. The van der Waals surface area contributed by atoms with Gasteiger partial charge in [-0.2, -0.15) is 0 Å². The Morgan fingerprint density at radius 3 is 2.38 bits per heavy atom. The van der Waals surface area contributed by atoms with Gasteiger partial charge in [0.1, 0.15) is 0 Å². The van der Waals surface area contributed by atoms with Crippen molar-refractivity contribution < 1.29 is 13.2 Å². The van der Waals surface area contributed by atoms with Gasteiger partial charge >= 0.3 is 0 Å². The molecule has 0 aliphatic heterocycles. The highest BCUT2D eigenvalue weighted by Gasteiger charge is 2.27. The van der Waals surface area contributed by atoms with Crippen LogP contribution >= 0.6 is 11.3 Å². The Balaban J connectivity index is 1.95. The zero-order chi connectivity index (χ0) is 18.6. The Kier molecular flexibility index (Phi) is 5.34. The monoisotopic (exact) mass is 387 g/mol. The number of hydrogen-bond donors (Lipinski definition) is 1. The third-order valence-electron chi connectivity index (χ3n) is 3.56. The van der Waals surface area contributed by atoms with Crippen LogP contribution < -0.4 is 9.62 Å². The summed E-state index contributed by atoms with van der Waals surface area (Å²) >= 11 is 1.26. The average Bonchev–Trinajstić information content (AvgIpc) is 3.14. The van der Waals surface area contributed by atoms with E-state index in [0.717, 1.165) is 5.56 Å². The van der Waals surface area contributed by atoms with Gasteiger partial charge in [0, 0.05) is 24.2 Å². The van der Waals surface area contributed by atoms with Gasteiger partial charge < -0.3 is 5.32 Å². The Morgan fingerprint density at radius 1 is 1.12 bits per heavy atom. The number of hydrogen-bond acceptors (Lipinski definition) is 5. The minimum atomic E-state index is -3.80. The Labute approximate surface area is 156 Å². The highest BCUT2D eigenvalue weighted by Crippen LogP contribution is 2.28. The van der Waals surface area contributed by atoms with Crippen LogP contribution in [0.4, 0.5) is 10.8 Å². The predicted molar refractivity (Wildman–Crippen MR) is 103 cm³/mol. The number of anilines is 2. The molecular weight excluding hydrogens is 370 g/mol. The largest absolute Gasteiger partial charge is 0.326 e. The molecule has 1 N–H and O–H groups in total. The molecule has 1 aromatic heterocycles. The van der Waals surface area contributed by atoms with Crippen molar-refractivity contribution in [3.63, 3.8) is 0 Å². The molecule has 0 atom stereocenters. The minimum absolute atomic E-state index is 0.137. The van der Waals surface area contributed by atoms with Crippen molar-refractivity contribution in [1.29, 1.82) is 0 Å². The third-order valence-corrected chi connectivity index (χ3v) is 6.22. The number of carbonyl (C=O) groups excluding carboxylic acids is 1. The maximum absolute atomic E-state index is 13.2. The molecule has 0 spiro atoms. The van der Waals surface area contributed by atoms with Crippen molar-refractivity contribution in [2.45, 2.75) is 18.4 Å². The fraction of sp³-hybridized carbons (Fsp3) is 0.111. The lowest BCUT2D eigenvalue weighted by atomic mass is 10.2. The lowest BCUT2D eigenvalue weighted by Gasteiger charge is -2.22. The number of rotatable bonds is 6. The molecule has 3 rings (SSSR count). The summed E-state index contributed by atoms with van der Waals surface area (Å²) in [5.41, 5.74) is 1.40. The zero-order valence-electron chi connectivity index (χ0n) is 14.0. The normalized spacial score (nSPS) is 11.1. The molecule has 0 saturated heterocycles. The molecule has 2 aromatic carbocycles. The Morgan fingerprint density at radius 2 is 1.81 bits per heavy atom. The molecule has 0 radical (unpaired) electrons. The molecule has 0 saturated carbocycles. The van der Waals surface area contributed by atoms with E-state index in [0.29, 0.717) is 10.8 Å². The second-order valence-electron chi connectivity index (χ2n) is 5.52. The summed E-state index contributed by atoms with van der Waals surface area (Å²) < 4.78 is 27.6. The van der Waals surface area contributed by atoms with Gasteiger partial charge in [0.15, 0.2) is 5.13 Å². The fourth-order valence-corrected chi connectivity index (χ4v) is 4.66. The van der Waals surface area contributed by atoms with Gasteiger partial charge in [0.25, 0.3) is 10.0 Å². The lowest BCUT2D eigenvalue weighted by molar-refractivity contribution is -0.114. The van der Waals surface area contributed by atoms with Crippen molar-refractivity contribution >= 4 is 38.1 Å². The van der Waals surface area contributed by atoms with E-state index in [4.69, 9.17) is 0 Å². The van der Waals surface area contributed by atoms with Gasteiger partial charge in [-0.05, 0) is 29.8 Å². The van der Waals surface area contributed by atoms with Crippen LogP contribution in [0.2, 0.25) is 0 Å². The molecule has 0 bridgehead atoms. The van der Waals surface area contributed by atoms with Crippen LogP contribution in [0.1, 0.15) is 12.5 Å². The number of nitrogens with zero attached hydrogens (tertiary/aromatic N) is 2. The first-order chi connectivity index (χ1) is 12.5. The number of carbonyl (C=O) groups is 1. The summed E-state index contributed by atoms with van der Waals surface area (Å²) in [5.74, 6) is -0.214. The van der Waals surface area contributed by atoms with Gasteiger partial charge in [0.05, 0.1) is 11.4 Å². The van der Waals surface area contributed by atoms with Crippen LogP contribution in [0.25, 0.3) is 0 Å². The molecule has 1 amide bonds. The number of benzene rings is 2. The second kappa shape index (κ2) is 7.67. The molecule has 1 heterocycles. The van der Waals surface area contributed by atoms with Crippen molar-refractivity contribution in [3.05, 3.63) is 71.7 Å². The molecule has 0 fully saturated rings. The Hall–Kier alpha value is -2.71. The Bertz CT molecular complexity index is 970. The summed E-state index contributed by atoms with van der Waals surface area (Å²) in [5, 5.41) is 4.76. The van der Waals surface area contributed by atoms with Crippen molar-refractivity contribution in [1.82, 2.24) is 4.98 Å². The summed E-state index contributed by atoms with van der Waals surface area (Å²) in [4.78, 5) is 15.4. The van der Waals surface area contributed by atoms with Gasteiger partial charge in [-0.3, -0.25) is 4.79 Å². The molecule has 0 aliphatic rings. The number of sulfonamides is 1. The summed E-state index contributed by atoms with van der Waals surface area (Å²) in [7, 11) is -3.80. The topological polar surface area (TPSA) is 79.4 Å². The minimum Gasteiger partial charge on any atom is -0.326 e. The van der Waals surface area contributed by atoms with E-state index >= 15 is 0 Å². The third kappa shape index (κ3) is 4.09. The summed E-state index contributed by atoms with van der Waals surface area (Å²) in [6.07, 6.45) is 1.58. The number of nitrogens with one attached hydrogen (secondary N) is 1. The molecule has 26 heavy (non-hydrogen) atoms. The van der Waals surface area contributed by atoms with E-state index in [-0.39, 0.29) is 17.3 Å². The van der Waals surface area contributed by atoms with E-state index < -0.39 is 10.0 Å². The first-order valence-electron chi connectivity index (χ1n) is 7.80. The van der Waals surface area contributed by atoms with Crippen molar-refractivity contribution in [3.8, 4) is 0 Å². The van der Waals surface area contributed by atoms with Gasteiger partial charge in [-0.15, -0.1) is 11.3 Å². The van der Waals surface area contributed by atoms with Gasteiger partial charge in [-0.25, -0.2) is 17.7 Å².